The number of amides is 4. The van der Waals surface area contributed by atoms with Crippen molar-refractivity contribution in [3.05, 3.63) is 0 Å². The average molecular weight is 417 g/mol. The van der Waals surface area contributed by atoms with Crippen LogP contribution in [0, 0.1) is 5.92 Å². The fourth-order valence-corrected chi connectivity index (χ4v) is 2.31. The van der Waals surface area contributed by atoms with Crippen LogP contribution in [0.1, 0.15) is 40.0 Å². The van der Waals surface area contributed by atoms with E-state index in [0.29, 0.717) is 0 Å². The minimum absolute atomic E-state index is 0.0216. The Labute approximate surface area is 168 Å². The predicted octanol–water partition coefficient (Wildman–Crippen LogP) is -2.82. The topological polar surface area (TPSA) is 214 Å². The molecule has 29 heavy (non-hydrogen) atoms. The molecular formula is C17H31N5O7. The van der Waals surface area contributed by atoms with E-state index in [9.17, 15) is 29.1 Å². The van der Waals surface area contributed by atoms with E-state index < -0.39 is 60.4 Å². The summed E-state index contributed by atoms with van der Waals surface area (Å²) >= 11 is 0. The standard InChI is InChI=1S/C17H31N5O7/c1-8(2)6-11(21-15(26)10(18)4-5-12(19)24)16(27)20-7-13(25)22-14(9(3)23)17(28)29/h8-11,14,23H,4-7,18H2,1-3H3,(H2,19,24)(H,20,27)(H,21,26)(H,22,25)(H,28,29). The number of carboxylic acids is 1. The van der Waals surface area contributed by atoms with E-state index in [1.807, 2.05) is 13.8 Å². The van der Waals surface area contributed by atoms with E-state index in [1.165, 1.54) is 6.92 Å². The van der Waals surface area contributed by atoms with Crippen molar-refractivity contribution < 1.29 is 34.2 Å². The molecule has 0 radical (unpaired) electrons. The highest BCUT2D eigenvalue weighted by atomic mass is 16.4. The van der Waals surface area contributed by atoms with Crippen LogP contribution in [-0.4, -0.2) is 70.6 Å². The third-order valence-corrected chi connectivity index (χ3v) is 3.87. The first-order chi connectivity index (χ1) is 13.3. The molecule has 12 heteroatoms. The summed E-state index contributed by atoms with van der Waals surface area (Å²) in [6.45, 7) is 4.30. The summed E-state index contributed by atoms with van der Waals surface area (Å²) in [5.41, 5.74) is 10.7. The average Bonchev–Trinajstić information content (AvgIpc) is 2.60. The van der Waals surface area contributed by atoms with Crippen LogP contribution in [0.25, 0.3) is 0 Å². The fraction of sp³-hybridized carbons (Fsp3) is 0.706. The van der Waals surface area contributed by atoms with E-state index in [1.54, 1.807) is 0 Å². The molecule has 0 fully saturated rings. The predicted molar refractivity (Wildman–Crippen MR) is 102 cm³/mol. The van der Waals surface area contributed by atoms with Crippen LogP contribution in [0.15, 0.2) is 0 Å². The lowest BCUT2D eigenvalue weighted by atomic mass is 10.0. The van der Waals surface area contributed by atoms with Gasteiger partial charge in [-0.1, -0.05) is 13.8 Å². The number of carbonyl (C=O) groups excluding carboxylic acids is 4. The Balaban J connectivity index is 4.83. The van der Waals surface area contributed by atoms with Gasteiger partial charge < -0.3 is 37.6 Å². The molecule has 4 unspecified atom stereocenters. The second kappa shape index (κ2) is 12.7. The number of aliphatic carboxylic acids is 1. The summed E-state index contributed by atoms with van der Waals surface area (Å²) < 4.78 is 0. The molecule has 0 aromatic heterocycles. The van der Waals surface area contributed by atoms with Gasteiger partial charge in [-0.15, -0.1) is 0 Å². The maximum absolute atomic E-state index is 12.4. The van der Waals surface area contributed by atoms with Crippen LogP contribution in [0.5, 0.6) is 0 Å². The van der Waals surface area contributed by atoms with Crippen molar-refractivity contribution in [1.29, 1.82) is 0 Å². The normalized spacial score (nSPS) is 15.0. The fourth-order valence-electron chi connectivity index (χ4n) is 2.31. The number of hydrogen-bond donors (Lipinski definition) is 7. The van der Waals surface area contributed by atoms with E-state index in [4.69, 9.17) is 16.6 Å². The van der Waals surface area contributed by atoms with Gasteiger partial charge in [0.15, 0.2) is 6.04 Å². The van der Waals surface area contributed by atoms with E-state index in [0.717, 1.165) is 0 Å². The Hall–Kier alpha value is -2.73. The van der Waals surface area contributed by atoms with Crippen molar-refractivity contribution in [3.8, 4) is 0 Å². The van der Waals surface area contributed by atoms with E-state index in [-0.39, 0.29) is 25.2 Å². The van der Waals surface area contributed by atoms with Crippen molar-refractivity contribution >= 4 is 29.6 Å². The SMILES string of the molecule is CC(C)CC(NC(=O)C(N)CCC(N)=O)C(=O)NCC(=O)NC(C(=O)O)C(C)O. The van der Waals surface area contributed by atoms with Crippen molar-refractivity contribution in [2.75, 3.05) is 6.54 Å². The van der Waals surface area contributed by atoms with Gasteiger partial charge in [0.05, 0.1) is 18.7 Å². The van der Waals surface area contributed by atoms with Gasteiger partial charge in [-0.2, -0.15) is 0 Å². The lowest BCUT2D eigenvalue weighted by molar-refractivity contribution is -0.144. The van der Waals surface area contributed by atoms with Gasteiger partial charge in [0.2, 0.25) is 23.6 Å². The minimum Gasteiger partial charge on any atom is -0.480 e. The number of aliphatic hydroxyl groups excluding tert-OH is 1. The first-order valence-electron chi connectivity index (χ1n) is 9.17. The van der Waals surface area contributed by atoms with Gasteiger partial charge in [-0.05, 0) is 25.7 Å². The smallest absolute Gasteiger partial charge is 0.328 e. The molecule has 0 heterocycles. The molecule has 0 spiro atoms. The number of hydrogen-bond acceptors (Lipinski definition) is 7. The third kappa shape index (κ3) is 11.0. The summed E-state index contributed by atoms with van der Waals surface area (Å²) in [4.78, 5) is 58.1. The summed E-state index contributed by atoms with van der Waals surface area (Å²) in [6.07, 6.45) is -1.13. The van der Waals surface area contributed by atoms with Crippen molar-refractivity contribution in [3.63, 3.8) is 0 Å². The Morgan fingerprint density at radius 2 is 1.59 bits per heavy atom. The van der Waals surface area contributed by atoms with E-state index >= 15 is 0 Å². The van der Waals surface area contributed by atoms with Crippen LogP contribution >= 0.6 is 0 Å². The van der Waals surface area contributed by atoms with Crippen LogP contribution in [0.4, 0.5) is 0 Å². The lowest BCUT2D eigenvalue weighted by Crippen LogP contribution is -2.54. The van der Waals surface area contributed by atoms with Gasteiger partial charge in [-0.25, -0.2) is 4.79 Å². The molecular weight excluding hydrogens is 386 g/mol. The zero-order chi connectivity index (χ0) is 22.7. The number of carbonyl (C=O) groups is 5. The van der Waals surface area contributed by atoms with Gasteiger partial charge in [-0.3, -0.25) is 19.2 Å². The van der Waals surface area contributed by atoms with E-state index in [2.05, 4.69) is 16.0 Å². The molecule has 9 N–H and O–H groups in total. The Bertz CT molecular complexity index is 609. The van der Waals surface area contributed by atoms with Gasteiger partial charge in [0, 0.05) is 6.42 Å². The number of carboxylic acid groups (broad SMARTS) is 1. The molecule has 0 aliphatic heterocycles. The number of primary amides is 1. The molecule has 0 aromatic rings. The number of rotatable bonds is 13. The maximum Gasteiger partial charge on any atom is 0.328 e. The summed E-state index contributed by atoms with van der Waals surface area (Å²) in [6, 6.07) is -3.54. The molecule has 0 bridgehead atoms. The molecule has 0 saturated heterocycles. The zero-order valence-corrected chi connectivity index (χ0v) is 16.8. The Morgan fingerprint density at radius 3 is 2.03 bits per heavy atom. The Morgan fingerprint density at radius 1 is 1.00 bits per heavy atom. The van der Waals surface area contributed by atoms with Crippen LogP contribution in [-0.2, 0) is 24.0 Å². The zero-order valence-electron chi connectivity index (χ0n) is 16.8. The summed E-state index contributed by atoms with van der Waals surface area (Å²) in [7, 11) is 0. The second-order valence-electron chi connectivity index (χ2n) is 7.14. The van der Waals surface area contributed by atoms with Crippen LogP contribution in [0.2, 0.25) is 0 Å². The Kier molecular flexibility index (Phi) is 11.5. The second-order valence-corrected chi connectivity index (χ2v) is 7.14. The maximum atomic E-state index is 12.4. The first-order valence-corrected chi connectivity index (χ1v) is 9.17. The molecule has 12 nitrogen and oxygen atoms in total. The van der Waals surface area contributed by atoms with Crippen molar-refractivity contribution in [2.45, 2.75) is 64.3 Å². The molecule has 0 aromatic carbocycles. The molecule has 0 aliphatic rings. The highest BCUT2D eigenvalue weighted by Gasteiger charge is 2.27. The molecule has 0 aliphatic carbocycles. The highest BCUT2D eigenvalue weighted by Crippen LogP contribution is 2.06. The third-order valence-electron chi connectivity index (χ3n) is 3.87. The van der Waals surface area contributed by atoms with Gasteiger partial charge in [0.1, 0.15) is 6.04 Å². The number of nitrogens with one attached hydrogen (secondary N) is 3. The minimum atomic E-state index is -1.52. The largest absolute Gasteiger partial charge is 0.480 e. The first kappa shape index (κ1) is 26.3. The summed E-state index contributed by atoms with van der Waals surface area (Å²) in [5, 5.41) is 25.2. The quantitative estimate of drug-likeness (QED) is 0.165. The van der Waals surface area contributed by atoms with Crippen molar-refractivity contribution in [1.82, 2.24) is 16.0 Å². The van der Waals surface area contributed by atoms with Gasteiger partial charge >= 0.3 is 5.97 Å². The molecule has 4 amide bonds. The highest BCUT2D eigenvalue weighted by molar-refractivity contribution is 5.92. The van der Waals surface area contributed by atoms with Gasteiger partial charge in [0.25, 0.3) is 0 Å². The summed E-state index contributed by atoms with van der Waals surface area (Å²) in [5.74, 6) is -4.13. The molecule has 166 valence electrons. The van der Waals surface area contributed by atoms with Crippen LogP contribution < -0.4 is 27.4 Å². The molecule has 4 atom stereocenters. The lowest BCUT2D eigenvalue weighted by Gasteiger charge is -2.22. The number of nitrogens with two attached hydrogens (primary N) is 2. The van der Waals surface area contributed by atoms with Crippen LogP contribution in [0.3, 0.4) is 0 Å². The molecule has 0 rings (SSSR count). The van der Waals surface area contributed by atoms with Crippen molar-refractivity contribution in [2.24, 2.45) is 17.4 Å². The monoisotopic (exact) mass is 417 g/mol. The molecule has 0 saturated carbocycles. The number of aliphatic hydroxyl groups is 1.